The van der Waals surface area contributed by atoms with Gasteiger partial charge in [-0.05, 0) is 25.9 Å². The summed E-state index contributed by atoms with van der Waals surface area (Å²) in [6.45, 7) is 4.48. The summed E-state index contributed by atoms with van der Waals surface area (Å²) in [5, 5.41) is 19.4. The third-order valence-electron chi connectivity index (χ3n) is 2.78. The average molecular weight is 219 g/mol. The van der Waals surface area contributed by atoms with Crippen LogP contribution in [-0.2, 0) is 0 Å². The maximum atomic E-state index is 9.92. The molecule has 0 rings (SSSR count). The lowest BCUT2D eigenvalue weighted by Crippen LogP contribution is -2.49. The van der Waals surface area contributed by atoms with Gasteiger partial charge < -0.3 is 27.4 Å². The van der Waals surface area contributed by atoms with Crippen molar-refractivity contribution in [3.05, 3.63) is 0 Å². The molecule has 0 fully saturated rings. The Bertz CT molecular complexity index is 176. The SMILES string of the molecule is CC(C)(CN)C(O)C(N)CC(O)CCN. The number of aliphatic hydroxyl groups is 2. The predicted molar refractivity (Wildman–Crippen MR) is 61.1 cm³/mol. The van der Waals surface area contributed by atoms with Gasteiger partial charge >= 0.3 is 0 Å². The van der Waals surface area contributed by atoms with E-state index in [1.807, 2.05) is 13.8 Å². The highest BCUT2D eigenvalue weighted by Gasteiger charge is 2.31. The van der Waals surface area contributed by atoms with E-state index in [9.17, 15) is 10.2 Å². The van der Waals surface area contributed by atoms with Crippen LogP contribution in [0.25, 0.3) is 0 Å². The Morgan fingerprint density at radius 3 is 2.13 bits per heavy atom. The summed E-state index contributed by atoms with van der Waals surface area (Å²) in [4.78, 5) is 0. The summed E-state index contributed by atoms with van der Waals surface area (Å²) in [5.74, 6) is 0. The number of hydrogen-bond acceptors (Lipinski definition) is 5. The number of nitrogens with two attached hydrogens (primary N) is 3. The highest BCUT2D eigenvalue weighted by molar-refractivity contribution is 4.87. The van der Waals surface area contributed by atoms with Gasteiger partial charge in [-0.3, -0.25) is 0 Å². The zero-order chi connectivity index (χ0) is 12.1. The van der Waals surface area contributed by atoms with Crippen molar-refractivity contribution in [1.29, 1.82) is 0 Å². The molecule has 5 nitrogen and oxygen atoms in total. The fraction of sp³-hybridized carbons (Fsp3) is 1.00. The van der Waals surface area contributed by atoms with Gasteiger partial charge in [0.1, 0.15) is 0 Å². The van der Waals surface area contributed by atoms with E-state index in [-0.39, 0.29) is 0 Å². The molecule has 3 unspecified atom stereocenters. The minimum Gasteiger partial charge on any atom is -0.393 e. The second kappa shape index (κ2) is 6.40. The van der Waals surface area contributed by atoms with E-state index in [0.29, 0.717) is 25.9 Å². The van der Waals surface area contributed by atoms with Crippen LogP contribution in [0.15, 0.2) is 0 Å². The molecule has 92 valence electrons. The topological polar surface area (TPSA) is 119 Å². The summed E-state index contributed by atoms with van der Waals surface area (Å²) in [6.07, 6.45) is -0.409. The van der Waals surface area contributed by atoms with Crippen LogP contribution in [0.4, 0.5) is 0 Å². The first-order valence-corrected chi connectivity index (χ1v) is 5.37. The molecule has 0 aromatic heterocycles. The van der Waals surface area contributed by atoms with Gasteiger partial charge in [0, 0.05) is 11.5 Å². The Balaban J connectivity index is 4.14. The fourth-order valence-electron chi connectivity index (χ4n) is 1.45. The molecule has 8 N–H and O–H groups in total. The zero-order valence-corrected chi connectivity index (χ0v) is 9.69. The first-order chi connectivity index (χ1) is 6.85. The van der Waals surface area contributed by atoms with Crippen LogP contribution in [0.1, 0.15) is 26.7 Å². The Morgan fingerprint density at radius 2 is 1.73 bits per heavy atom. The first kappa shape index (κ1) is 14.8. The molecule has 5 heteroatoms. The molecule has 0 aromatic carbocycles. The van der Waals surface area contributed by atoms with Crippen LogP contribution in [0, 0.1) is 5.41 Å². The van der Waals surface area contributed by atoms with Gasteiger partial charge in [-0.15, -0.1) is 0 Å². The second-order valence-electron chi connectivity index (χ2n) is 4.77. The van der Waals surface area contributed by atoms with Crippen molar-refractivity contribution >= 4 is 0 Å². The predicted octanol–water partition coefficient (Wildman–Crippen LogP) is -1.24. The van der Waals surface area contributed by atoms with E-state index < -0.39 is 23.7 Å². The molecule has 0 aliphatic rings. The maximum Gasteiger partial charge on any atom is 0.0754 e. The van der Waals surface area contributed by atoms with Crippen molar-refractivity contribution in [2.75, 3.05) is 13.1 Å². The van der Waals surface area contributed by atoms with Crippen molar-refractivity contribution in [3.8, 4) is 0 Å². The summed E-state index contributed by atoms with van der Waals surface area (Å²) in [7, 11) is 0. The molecule has 0 saturated heterocycles. The van der Waals surface area contributed by atoms with Crippen molar-refractivity contribution in [3.63, 3.8) is 0 Å². The fourth-order valence-corrected chi connectivity index (χ4v) is 1.45. The van der Waals surface area contributed by atoms with E-state index in [4.69, 9.17) is 17.2 Å². The minimum atomic E-state index is -0.713. The standard InChI is InChI=1S/C10H25N3O2/c1-10(2,6-12)9(15)8(13)5-7(14)3-4-11/h7-9,14-15H,3-6,11-13H2,1-2H3. The molecule has 0 spiro atoms. The lowest BCUT2D eigenvalue weighted by Gasteiger charge is -2.33. The quantitative estimate of drug-likeness (QED) is 0.367. The summed E-state index contributed by atoms with van der Waals surface area (Å²) >= 11 is 0. The molecule has 15 heavy (non-hydrogen) atoms. The van der Waals surface area contributed by atoms with E-state index in [2.05, 4.69) is 0 Å². The van der Waals surface area contributed by atoms with Crippen molar-refractivity contribution in [2.45, 2.75) is 44.9 Å². The Labute approximate surface area is 91.6 Å². The van der Waals surface area contributed by atoms with Crippen LogP contribution in [0.2, 0.25) is 0 Å². The molecular weight excluding hydrogens is 194 g/mol. The van der Waals surface area contributed by atoms with Gasteiger partial charge in [0.15, 0.2) is 0 Å². The minimum absolute atomic E-state index is 0.349. The lowest BCUT2D eigenvalue weighted by atomic mass is 9.81. The summed E-state index contributed by atoms with van der Waals surface area (Å²) in [6, 6.07) is -0.468. The van der Waals surface area contributed by atoms with Crippen LogP contribution in [0.3, 0.4) is 0 Å². The second-order valence-corrected chi connectivity index (χ2v) is 4.77. The van der Waals surface area contributed by atoms with Gasteiger partial charge in [0.2, 0.25) is 0 Å². The van der Waals surface area contributed by atoms with Crippen LogP contribution in [0.5, 0.6) is 0 Å². The van der Waals surface area contributed by atoms with E-state index >= 15 is 0 Å². The van der Waals surface area contributed by atoms with Gasteiger partial charge in [-0.1, -0.05) is 13.8 Å². The van der Waals surface area contributed by atoms with Crippen LogP contribution < -0.4 is 17.2 Å². The normalized spacial score (nSPS) is 18.6. The van der Waals surface area contributed by atoms with Crippen molar-refractivity contribution < 1.29 is 10.2 Å². The monoisotopic (exact) mass is 219 g/mol. The largest absolute Gasteiger partial charge is 0.393 e. The van der Waals surface area contributed by atoms with Gasteiger partial charge in [-0.25, -0.2) is 0 Å². The Morgan fingerprint density at radius 1 is 1.20 bits per heavy atom. The van der Waals surface area contributed by atoms with Gasteiger partial charge in [0.25, 0.3) is 0 Å². The van der Waals surface area contributed by atoms with Gasteiger partial charge in [-0.2, -0.15) is 0 Å². The highest BCUT2D eigenvalue weighted by atomic mass is 16.3. The summed E-state index contributed by atoms with van der Waals surface area (Å²) < 4.78 is 0. The highest BCUT2D eigenvalue weighted by Crippen LogP contribution is 2.22. The van der Waals surface area contributed by atoms with Crippen molar-refractivity contribution in [1.82, 2.24) is 0 Å². The first-order valence-electron chi connectivity index (χ1n) is 5.37. The molecule has 0 heterocycles. The molecule has 0 saturated carbocycles. The molecule has 0 aromatic rings. The molecule has 0 bridgehead atoms. The van der Waals surface area contributed by atoms with Crippen LogP contribution >= 0.6 is 0 Å². The molecule has 3 atom stereocenters. The molecule has 0 amide bonds. The summed E-state index contributed by atoms with van der Waals surface area (Å²) in [5.41, 5.74) is 16.2. The molecular formula is C10H25N3O2. The molecule has 0 aliphatic heterocycles. The average Bonchev–Trinajstić information content (AvgIpc) is 2.16. The third kappa shape index (κ3) is 4.90. The smallest absolute Gasteiger partial charge is 0.0754 e. The molecule has 0 radical (unpaired) electrons. The number of hydrogen-bond donors (Lipinski definition) is 5. The third-order valence-corrected chi connectivity index (χ3v) is 2.78. The lowest BCUT2D eigenvalue weighted by molar-refractivity contribution is 0.0167. The van der Waals surface area contributed by atoms with E-state index in [0.717, 1.165) is 0 Å². The van der Waals surface area contributed by atoms with Crippen molar-refractivity contribution in [2.24, 2.45) is 22.6 Å². The maximum absolute atomic E-state index is 9.92. The van der Waals surface area contributed by atoms with E-state index in [1.54, 1.807) is 0 Å². The number of rotatable bonds is 7. The zero-order valence-electron chi connectivity index (χ0n) is 9.69. The van der Waals surface area contributed by atoms with E-state index in [1.165, 1.54) is 0 Å². The van der Waals surface area contributed by atoms with Crippen LogP contribution in [-0.4, -0.2) is 41.6 Å². The molecule has 0 aliphatic carbocycles. The number of aliphatic hydroxyl groups excluding tert-OH is 2. The Kier molecular flexibility index (Phi) is 6.31. The van der Waals surface area contributed by atoms with Gasteiger partial charge in [0.05, 0.1) is 12.2 Å². The Hall–Kier alpha value is -0.200.